The molecule has 0 amide bonds. The smallest absolute Gasteiger partial charge is 0.363 e. The zero-order valence-corrected chi connectivity index (χ0v) is 21.4. The molecule has 5 nitrogen and oxygen atoms in total. The average Bonchev–Trinajstić information content (AvgIpc) is 3.15. The molecule has 0 spiro atoms. The highest BCUT2D eigenvalue weighted by Crippen LogP contribution is 2.38. The number of esters is 1. The minimum Gasteiger partial charge on any atom is -0.490 e. The molecule has 168 valence electrons. The molecule has 1 aliphatic rings. The van der Waals surface area contributed by atoms with Crippen LogP contribution in [0.5, 0.6) is 11.5 Å². The Hall–Kier alpha value is -2.61. The summed E-state index contributed by atoms with van der Waals surface area (Å²) in [6.45, 7) is 2.64. The van der Waals surface area contributed by atoms with Crippen LogP contribution in [0.1, 0.15) is 23.6 Å². The van der Waals surface area contributed by atoms with Crippen LogP contribution in [0.3, 0.4) is 0 Å². The number of carbonyl (C=O) groups excluding carboxylic acids is 1. The molecule has 0 radical (unpaired) electrons. The summed E-state index contributed by atoms with van der Waals surface area (Å²) in [4.78, 5) is 16.7. The number of benzene rings is 3. The Bertz CT molecular complexity index is 1240. The van der Waals surface area contributed by atoms with Crippen LogP contribution >= 0.6 is 43.5 Å². The van der Waals surface area contributed by atoms with Gasteiger partial charge >= 0.3 is 5.97 Å². The largest absolute Gasteiger partial charge is 0.490 e. The van der Waals surface area contributed by atoms with Gasteiger partial charge in [-0.1, -0.05) is 55.6 Å². The first-order valence-electron chi connectivity index (χ1n) is 10.0. The fourth-order valence-corrected chi connectivity index (χ4v) is 3.90. The van der Waals surface area contributed by atoms with Gasteiger partial charge in [0.1, 0.15) is 6.61 Å². The lowest BCUT2D eigenvalue weighted by molar-refractivity contribution is -0.129. The summed E-state index contributed by atoms with van der Waals surface area (Å²) in [6, 6.07) is 18.6. The number of nitrogens with zero attached hydrogens (tertiary/aromatic N) is 1. The van der Waals surface area contributed by atoms with Crippen molar-refractivity contribution in [2.24, 2.45) is 4.99 Å². The maximum absolute atomic E-state index is 12.4. The van der Waals surface area contributed by atoms with Gasteiger partial charge in [-0.15, -0.1) is 0 Å². The highest BCUT2D eigenvalue weighted by Gasteiger charge is 2.24. The molecule has 33 heavy (non-hydrogen) atoms. The van der Waals surface area contributed by atoms with E-state index in [1.165, 1.54) is 0 Å². The zero-order chi connectivity index (χ0) is 23.4. The van der Waals surface area contributed by atoms with Gasteiger partial charge in [0.25, 0.3) is 0 Å². The number of rotatable bonds is 7. The Morgan fingerprint density at radius 2 is 1.67 bits per heavy atom. The number of carbonyl (C=O) groups is 1. The lowest BCUT2D eigenvalue weighted by Crippen LogP contribution is -2.05. The van der Waals surface area contributed by atoms with Crippen molar-refractivity contribution in [2.75, 3.05) is 6.61 Å². The van der Waals surface area contributed by atoms with Crippen LogP contribution in [0.2, 0.25) is 5.02 Å². The molecule has 3 aromatic carbocycles. The first-order valence-corrected chi connectivity index (χ1v) is 12.0. The van der Waals surface area contributed by atoms with Crippen LogP contribution in [-0.4, -0.2) is 18.5 Å². The van der Waals surface area contributed by atoms with Crippen molar-refractivity contribution >= 4 is 61.4 Å². The molecule has 0 unspecified atom stereocenters. The summed E-state index contributed by atoms with van der Waals surface area (Å²) >= 11 is 13.3. The molecule has 0 bridgehead atoms. The second-order valence-electron chi connectivity index (χ2n) is 7.02. The lowest BCUT2D eigenvalue weighted by Gasteiger charge is -2.14. The van der Waals surface area contributed by atoms with Crippen LogP contribution in [0.25, 0.3) is 6.08 Å². The molecule has 8 heteroatoms. The summed E-state index contributed by atoms with van der Waals surface area (Å²) in [6.07, 6.45) is 1.61. The third kappa shape index (κ3) is 5.85. The summed E-state index contributed by atoms with van der Waals surface area (Å²) in [5, 5.41) is 0.369. The maximum Gasteiger partial charge on any atom is 0.363 e. The van der Waals surface area contributed by atoms with Gasteiger partial charge in [0.05, 0.1) is 11.6 Å². The van der Waals surface area contributed by atoms with Crippen molar-refractivity contribution in [2.45, 2.75) is 13.5 Å². The minimum atomic E-state index is -0.530. The summed E-state index contributed by atoms with van der Waals surface area (Å²) < 4.78 is 19.0. The monoisotopic (exact) mass is 589 g/mol. The molecular weight excluding hydrogens is 574 g/mol. The van der Waals surface area contributed by atoms with E-state index in [1.54, 1.807) is 18.2 Å². The molecule has 0 aromatic heterocycles. The number of hydrogen-bond donors (Lipinski definition) is 0. The van der Waals surface area contributed by atoms with Crippen LogP contribution in [0, 0.1) is 0 Å². The van der Waals surface area contributed by atoms with E-state index < -0.39 is 5.97 Å². The van der Waals surface area contributed by atoms with E-state index in [-0.39, 0.29) is 11.6 Å². The predicted octanol–water partition coefficient (Wildman–Crippen LogP) is 7.19. The molecule has 0 aliphatic carbocycles. The Morgan fingerprint density at radius 1 is 1.00 bits per heavy atom. The van der Waals surface area contributed by atoms with Gasteiger partial charge in [0, 0.05) is 14.5 Å². The number of aliphatic imine (C=N–C) groups is 1. The van der Waals surface area contributed by atoms with Crippen molar-refractivity contribution in [1.82, 2.24) is 0 Å². The zero-order valence-electron chi connectivity index (χ0n) is 17.5. The molecule has 3 aromatic rings. The number of ether oxygens (including phenoxy) is 3. The Balaban J connectivity index is 1.60. The second-order valence-corrected chi connectivity index (χ2v) is 9.26. The predicted molar refractivity (Wildman–Crippen MR) is 136 cm³/mol. The van der Waals surface area contributed by atoms with E-state index in [1.807, 2.05) is 55.5 Å². The molecule has 0 saturated carbocycles. The van der Waals surface area contributed by atoms with Gasteiger partial charge in [-0.05, 0) is 72.7 Å². The van der Waals surface area contributed by atoms with Crippen molar-refractivity contribution in [3.8, 4) is 11.5 Å². The SMILES string of the molecule is CCOc1cc(/C=C2\N=C(c3ccc(Br)cc3)OC2=O)cc(Cl)c1OCc1ccc(Br)cc1. The summed E-state index contributed by atoms with van der Waals surface area (Å²) in [5.74, 6) is 0.649. The molecular formula is C25H18Br2ClNO4. The van der Waals surface area contributed by atoms with Crippen LogP contribution in [0.15, 0.2) is 80.3 Å². The van der Waals surface area contributed by atoms with Gasteiger partial charge < -0.3 is 14.2 Å². The third-order valence-corrected chi connectivity index (χ3v) is 5.98. The Kier molecular flexibility index (Phi) is 7.53. The van der Waals surface area contributed by atoms with E-state index in [2.05, 4.69) is 36.9 Å². The molecule has 4 rings (SSSR count). The van der Waals surface area contributed by atoms with Gasteiger partial charge in [-0.3, -0.25) is 0 Å². The minimum absolute atomic E-state index is 0.176. The van der Waals surface area contributed by atoms with Gasteiger partial charge in [-0.25, -0.2) is 9.79 Å². The second kappa shape index (κ2) is 10.5. The maximum atomic E-state index is 12.4. The van der Waals surface area contributed by atoms with E-state index >= 15 is 0 Å². The molecule has 0 saturated heterocycles. The fraction of sp³-hybridized carbons (Fsp3) is 0.120. The molecule has 0 N–H and O–H groups in total. The van der Waals surface area contributed by atoms with E-state index in [4.69, 9.17) is 25.8 Å². The normalized spacial score (nSPS) is 14.2. The number of halogens is 3. The fourth-order valence-electron chi connectivity index (χ4n) is 3.09. The van der Waals surface area contributed by atoms with Crippen LogP contribution in [-0.2, 0) is 16.1 Å². The molecule has 1 aliphatic heterocycles. The summed E-state index contributed by atoms with van der Waals surface area (Å²) in [5.41, 5.74) is 2.52. The Morgan fingerprint density at radius 3 is 2.33 bits per heavy atom. The first-order chi connectivity index (χ1) is 15.9. The Labute approximate surface area is 213 Å². The van der Waals surface area contributed by atoms with Crippen LogP contribution < -0.4 is 9.47 Å². The molecule has 0 fully saturated rings. The highest BCUT2D eigenvalue weighted by molar-refractivity contribution is 9.10. The van der Waals surface area contributed by atoms with Gasteiger partial charge in [-0.2, -0.15) is 0 Å². The average molecular weight is 592 g/mol. The quantitative estimate of drug-likeness (QED) is 0.216. The van der Waals surface area contributed by atoms with E-state index in [0.717, 1.165) is 14.5 Å². The van der Waals surface area contributed by atoms with Gasteiger partial charge in [0.15, 0.2) is 17.2 Å². The van der Waals surface area contributed by atoms with Gasteiger partial charge in [0.2, 0.25) is 5.90 Å². The molecule has 0 atom stereocenters. The van der Waals surface area contributed by atoms with Crippen molar-refractivity contribution in [3.05, 3.63) is 97.0 Å². The number of hydrogen-bond acceptors (Lipinski definition) is 5. The number of cyclic esters (lactones) is 1. The summed E-state index contributed by atoms with van der Waals surface area (Å²) in [7, 11) is 0. The molecule has 1 heterocycles. The van der Waals surface area contributed by atoms with E-state index in [9.17, 15) is 4.79 Å². The lowest BCUT2D eigenvalue weighted by atomic mass is 10.1. The van der Waals surface area contributed by atoms with Crippen LogP contribution in [0.4, 0.5) is 0 Å². The standard InChI is InChI=1S/C25H18Br2ClNO4/c1-2-31-22-13-16(11-20(28)23(22)32-14-15-3-7-18(26)8-4-15)12-21-25(30)33-24(29-21)17-5-9-19(27)10-6-17/h3-13H,2,14H2,1H3/b21-12-. The topological polar surface area (TPSA) is 57.1 Å². The van der Waals surface area contributed by atoms with Crippen molar-refractivity contribution in [3.63, 3.8) is 0 Å². The third-order valence-electron chi connectivity index (χ3n) is 4.64. The van der Waals surface area contributed by atoms with E-state index in [0.29, 0.717) is 40.9 Å². The van der Waals surface area contributed by atoms with Crippen molar-refractivity contribution < 1.29 is 19.0 Å². The first kappa shape index (κ1) is 23.5. The highest BCUT2D eigenvalue weighted by atomic mass is 79.9. The van der Waals surface area contributed by atoms with Crippen molar-refractivity contribution in [1.29, 1.82) is 0 Å².